The Morgan fingerprint density at radius 1 is 1.20 bits per heavy atom. The molecule has 0 spiro atoms. The fraction of sp³-hybridized carbons (Fsp3) is 1.00. The molecule has 0 saturated carbocycles. The first kappa shape index (κ1) is 9.88. The molecule has 0 atom stereocenters. The van der Waals surface area contributed by atoms with Gasteiger partial charge >= 0.3 is 0 Å². The third-order valence-corrected chi connectivity index (χ3v) is 1.38. The largest absolute Gasteiger partial charge is 0.393 e. The number of hydrogen-bond donors (Lipinski definition) is 3. The lowest BCUT2D eigenvalue weighted by Gasteiger charge is -2.24. The summed E-state index contributed by atoms with van der Waals surface area (Å²) in [6.07, 6.45) is 0.431. The van der Waals surface area contributed by atoms with Gasteiger partial charge in [0, 0.05) is 0 Å². The minimum atomic E-state index is -1.28. The smallest absolute Gasteiger partial charge is 0.111 e. The van der Waals surface area contributed by atoms with Crippen LogP contribution in [0.4, 0.5) is 0 Å². The zero-order valence-electron chi connectivity index (χ0n) is 6.54. The SMILES string of the molecule is CC(C)CC(O)(CO)CO. The highest BCUT2D eigenvalue weighted by atomic mass is 16.4. The van der Waals surface area contributed by atoms with Crippen molar-refractivity contribution >= 4 is 0 Å². The van der Waals surface area contributed by atoms with Crippen LogP contribution < -0.4 is 0 Å². The van der Waals surface area contributed by atoms with Crippen LogP contribution in [-0.2, 0) is 0 Å². The van der Waals surface area contributed by atoms with E-state index in [4.69, 9.17) is 10.2 Å². The molecule has 0 amide bonds. The first-order chi connectivity index (χ1) is 4.54. The van der Waals surface area contributed by atoms with E-state index in [0.29, 0.717) is 6.42 Å². The Kier molecular flexibility index (Phi) is 3.86. The molecule has 0 aromatic rings. The quantitative estimate of drug-likeness (QED) is 0.515. The molecule has 0 aliphatic carbocycles. The summed E-state index contributed by atoms with van der Waals surface area (Å²) in [5.41, 5.74) is -1.28. The predicted octanol–water partition coefficient (Wildman–Crippen LogP) is -0.252. The van der Waals surface area contributed by atoms with Crippen molar-refractivity contribution in [3.8, 4) is 0 Å². The molecule has 0 heterocycles. The lowest BCUT2D eigenvalue weighted by atomic mass is 9.94. The number of hydrogen-bond acceptors (Lipinski definition) is 3. The zero-order chi connectivity index (χ0) is 8.20. The summed E-state index contributed by atoms with van der Waals surface area (Å²) in [4.78, 5) is 0. The highest BCUT2D eigenvalue weighted by Crippen LogP contribution is 2.14. The lowest BCUT2D eigenvalue weighted by Crippen LogP contribution is -2.38. The van der Waals surface area contributed by atoms with Crippen LogP contribution in [0.1, 0.15) is 20.3 Å². The molecule has 0 aliphatic rings. The van der Waals surface area contributed by atoms with Gasteiger partial charge in [0.1, 0.15) is 5.60 Å². The fourth-order valence-electron chi connectivity index (χ4n) is 0.939. The van der Waals surface area contributed by atoms with Crippen LogP contribution in [0, 0.1) is 5.92 Å². The van der Waals surface area contributed by atoms with Crippen LogP contribution in [-0.4, -0.2) is 34.1 Å². The predicted molar refractivity (Wildman–Crippen MR) is 38.6 cm³/mol. The molecule has 3 N–H and O–H groups in total. The van der Waals surface area contributed by atoms with Crippen molar-refractivity contribution in [2.24, 2.45) is 5.92 Å². The standard InChI is InChI=1S/C7H16O3/c1-6(2)3-7(10,4-8)5-9/h6,8-10H,3-5H2,1-2H3. The summed E-state index contributed by atoms with van der Waals surface area (Å²) >= 11 is 0. The molecule has 0 rings (SSSR count). The van der Waals surface area contributed by atoms with Gasteiger partial charge in [0.15, 0.2) is 0 Å². The van der Waals surface area contributed by atoms with E-state index in [1.807, 2.05) is 13.8 Å². The third kappa shape index (κ3) is 3.15. The minimum absolute atomic E-state index is 0.282. The topological polar surface area (TPSA) is 60.7 Å². The normalized spacial score (nSPS) is 12.6. The van der Waals surface area contributed by atoms with Gasteiger partial charge in [-0.05, 0) is 12.3 Å². The highest BCUT2D eigenvalue weighted by Gasteiger charge is 2.25. The minimum Gasteiger partial charge on any atom is -0.393 e. The van der Waals surface area contributed by atoms with Crippen LogP contribution in [0.15, 0.2) is 0 Å². The average Bonchev–Trinajstić information content (AvgIpc) is 1.87. The number of aliphatic hydroxyl groups is 3. The van der Waals surface area contributed by atoms with Gasteiger partial charge in [0.05, 0.1) is 13.2 Å². The molecule has 10 heavy (non-hydrogen) atoms. The molecule has 0 unspecified atom stereocenters. The van der Waals surface area contributed by atoms with E-state index >= 15 is 0 Å². The van der Waals surface area contributed by atoms with Crippen molar-refractivity contribution in [1.82, 2.24) is 0 Å². The van der Waals surface area contributed by atoms with Gasteiger partial charge in [-0.25, -0.2) is 0 Å². The van der Waals surface area contributed by atoms with Crippen molar-refractivity contribution in [3.63, 3.8) is 0 Å². The van der Waals surface area contributed by atoms with Crippen LogP contribution in [0.3, 0.4) is 0 Å². The Balaban J connectivity index is 3.80. The second kappa shape index (κ2) is 3.91. The summed E-state index contributed by atoms with van der Waals surface area (Å²) in [7, 11) is 0. The second-order valence-corrected chi connectivity index (χ2v) is 3.14. The summed E-state index contributed by atoms with van der Waals surface area (Å²) in [6.45, 7) is 3.11. The molecule has 0 bridgehead atoms. The van der Waals surface area contributed by atoms with Gasteiger partial charge in [0.25, 0.3) is 0 Å². The van der Waals surface area contributed by atoms with Crippen LogP contribution >= 0.6 is 0 Å². The van der Waals surface area contributed by atoms with Gasteiger partial charge < -0.3 is 15.3 Å². The van der Waals surface area contributed by atoms with Gasteiger partial charge in [-0.3, -0.25) is 0 Å². The molecule has 0 saturated heterocycles. The Bertz CT molecular complexity index is 86.9. The summed E-state index contributed by atoms with van der Waals surface area (Å²) < 4.78 is 0. The second-order valence-electron chi connectivity index (χ2n) is 3.14. The first-order valence-electron chi connectivity index (χ1n) is 3.48. The molecule has 0 aliphatic heterocycles. The summed E-state index contributed by atoms with van der Waals surface area (Å²) in [6, 6.07) is 0. The molecular weight excluding hydrogens is 132 g/mol. The maximum atomic E-state index is 9.30. The van der Waals surface area contributed by atoms with Crippen LogP contribution in [0.5, 0.6) is 0 Å². The molecule has 3 heteroatoms. The maximum Gasteiger partial charge on any atom is 0.111 e. The number of rotatable bonds is 4. The van der Waals surface area contributed by atoms with Gasteiger partial charge in [-0.2, -0.15) is 0 Å². The molecule has 3 nitrogen and oxygen atoms in total. The van der Waals surface area contributed by atoms with Crippen molar-refractivity contribution in [1.29, 1.82) is 0 Å². The fourth-order valence-corrected chi connectivity index (χ4v) is 0.939. The van der Waals surface area contributed by atoms with E-state index < -0.39 is 5.60 Å². The molecular formula is C7H16O3. The Morgan fingerprint density at radius 3 is 1.70 bits per heavy atom. The van der Waals surface area contributed by atoms with Crippen molar-refractivity contribution in [2.75, 3.05) is 13.2 Å². The maximum absolute atomic E-state index is 9.30. The van der Waals surface area contributed by atoms with Crippen molar-refractivity contribution in [3.05, 3.63) is 0 Å². The third-order valence-electron chi connectivity index (χ3n) is 1.38. The number of aliphatic hydroxyl groups excluding tert-OH is 2. The molecule has 62 valence electrons. The lowest BCUT2D eigenvalue weighted by molar-refractivity contribution is -0.0675. The molecule has 0 fully saturated rings. The Labute approximate surface area is 61.3 Å². The Hall–Kier alpha value is -0.120. The monoisotopic (exact) mass is 148 g/mol. The van der Waals surface area contributed by atoms with Crippen molar-refractivity contribution < 1.29 is 15.3 Å². The van der Waals surface area contributed by atoms with E-state index in [-0.39, 0.29) is 19.1 Å². The highest BCUT2D eigenvalue weighted by molar-refractivity contribution is 4.77. The van der Waals surface area contributed by atoms with E-state index in [1.165, 1.54) is 0 Å². The van der Waals surface area contributed by atoms with E-state index in [1.54, 1.807) is 0 Å². The Morgan fingerprint density at radius 2 is 1.60 bits per heavy atom. The van der Waals surface area contributed by atoms with Crippen molar-refractivity contribution in [2.45, 2.75) is 25.9 Å². The zero-order valence-corrected chi connectivity index (χ0v) is 6.54. The van der Waals surface area contributed by atoms with Gasteiger partial charge in [-0.1, -0.05) is 13.8 Å². The van der Waals surface area contributed by atoms with E-state index in [9.17, 15) is 5.11 Å². The van der Waals surface area contributed by atoms with Crippen LogP contribution in [0.25, 0.3) is 0 Å². The summed E-state index contributed by atoms with van der Waals surface area (Å²) in [5, 5.41) is 26.5. The summed E-state index contributed by atoms with van der Waals surface area (Å²) in [5.74, 6) is 0.282. The van der Waals surface area contributed by atoms with E-state index in [0.717, 1.165) is 0 Å². The van der Waals surface area contributed by atoms with E-state index in [2.05, 4.69) is 0 Å². The molecule has 0 aromatic heterocycles. The first-order valence-corrected chi connectivity index (χ1v) is 3.48. The van der Waals surface area contributed by atoms with Gasteiger partial charge in [0.2, 0.25) is 0 Å². The van der Waals surface area contributed by atoms with Crippen LogP contribution in [0.2, 0.25) is 0 Å². The van der Waals surface area contributed by atoms with Gasteiger partial charge in [-0.15, -0.1) is 0 Å². The average molecular weight is 148 g/mol. The molecule has 0 radical (unpaired) electrons. The molecule has 0 aromatic carbocycles.